The largest absolute Gasteiger partial charge is 0.460 e. The van der Waals surface area contributed by atoms with Crippen LogP contribution < -0.4 is 0 Å². The molecular formula is C14H20O4. The van der Waals surface area contributed by atoms with Gasteiger partial charge in [0, 0.05) is 6.92 Å². The molecule has 1 heterocycles. The number of furan rings is 1. The van der Waals surface area contributed by atoms with E-state index in [4.69, 9.17) is 9.15 Å². The highest BCUT2D eigenvalue weighted by atomic mass is 16.5. The Bertz CT molecular complexity index is 392. The van der Waals surface area contributed by atoms with E-state index in [2.05, 4.69) is 6.92 Å². The Hall–Kier alpha value is -1.58. The van der Waals surface area contributed by atoms with E-state index in [1.54, 1.807) is 0 Å². The summed E-state index contributed by atoms with van der Waals surface area (Å²) < 4.78 is 10.1. The van der Waals surface area contributed by atoms with Gasteiger partial charge in [-0.15, -0.1) is 0 Å². The Labute approximate surface area is 107 Å². The van der Waals surface area contributed by atoms with Crippen LogP contribution in [0.1, 0.15) is 67.1 Å². The number of ketones is 1. The third kappa shape index (κ3) is 4.73. The number of hydrogen-bond donors (Lipinski definition) is 0. The maximum absolute atomic E-state index is 11.5. The minimum Gasteiger partial charge on any atom is -0.460 e. The number of carbonyl (C=O) groups is 2. The Kier molecular flexibility index (Phi) is 6.19. The summed E-state index contributed by atoms with van der Waals surface area (Å²) in [5.74, 6) is -0.426. The van der Waals surface area contributed by atoms with Crippen LogP contribution in [0, 0.1) is 0 Å². The summed E-state index contributed by atoms with van der Waals surface area (Å²) in [6, 6.07) is 2.95. The van der Waals surface area contributed by atoms with Crippen LogP contribution in [-0.4, -0.2) is 18.4 Å². The molecule has 0 spiro atoms. The van der Waals surface area contributed by atoms with Gasteiger partial charge in [-0.2, -0.15) is 0 Å². The second-order valence-electron chi connectivity index (χ2n) is 4.27. The van der Waals surface area contributed by atoms with Crippen LogP contribution >= 0.6 is 0 Å². The van der Waals surface area contributed by atoms with E-state index < -0.39 is 5.97 Å². The first-order chi connectivity index (χ1) is 8.65. The van der Waals surface area contributed by atoms with E-state index in [1.807, 2.05) is 0 Å². The molecular weight excluding hydrogens is 232 g/mol. The van der Waals surface area contributed by atoms with Crippen molar-refractivity contribution in [1.29, 1.82) is 0 Å². The minimum atomic E-state index is -0.502. The van der Waals surface area contributed by atoms with Crippen LogP contribution in [-0.2, 0) is 4.74 Å². The van der Waals surface area contributed by atoms with Crippen LogP contribution in [0.15, 0.2) is 16.5 Å². The van der Waals surface area contributed by atoms with Crippen molar-refractivity contribution in [2.75, 3.05) is 6.61 Å². The molecule has 0 saturated carbocycles. The molecule has 100 valence electrons. The average Bonchev–Trinajstić information content (AvgIpc) is 2.83. The fourth-order valence-electron chi connectivity index (χ4n) is 1.58. The molecule has 4 nitrogen and oxygen atoms in total. The molecule has 1 rings (SSSR count). The first kappa shape index (κ1) is 14.5. The lowest BCUT2D eigenvalue weighted by Gasteiger charge is -2.02. The molecule has 0 aromatic carbocycles. The first-order valence-electron chi connectivity index (χ1n) is 6.43. The summed E-state index contributed by atoms with van der Waals surface area (Å²) in [5, 5.41) is 0. The molecule has 0 unspecified atom stereocenters. The van der Waals surface area contributed by atoms with Crippen molar-refractivity contribution in [2.45, 2.75) is 46.0 Å². The Balaban J connectivity index is 2.25. The number of ether oxygens (including phenoxy) is 1. The van der Waals surface area contributed by atoms with E-state index >= 15 is 0 Å². The molecule has 0 bridgehead atoms. The summed E-state index contributed by atoms with van der Waals surface area (Å²) in [7, 11) is 0. The number of esters is 1. The third-order valence-electron chi connectivity index (χ3n) is 2.64. The topological polar surface area (TPSA) is 56.5 Å². The van der Waals surface area contributed by atoms with Gasteiger partial charge in [0.25, 0.3) is 0 Å². The van der Waals surface area contributed by atoms with Gasteiger partial charge in [-0.25, -0.2) is 4.79 Å². The second kappa shape index (κ2) is 7.69. The molecule has 1 aromatic rings. The van der Waals surface area contributed by atoms with Crippen molar-refractivity contribution in [3.63, 3.8) is 0 Å². The molecule has 0 amide bonds. The summed E-state index contributed by atoms with van der Waals surface area (Å²) in [4.78, 5) is 22.5. The highest BCUT2D eigenvalue weighted by Gasteiger charge is 2.14. The number of carbonyl (C=O) groups excluding carboxylic acids is 2. The van der Waals surface area contributed by atoms with Crippen molar-refractivity contribution in [3.8, 4) is 0 Å². The highest BCUT2D eigenvalue weighted by Crippen LogP contribution is 2.10. The monoisotopic (exact) mass is 252 g/mol. The maximum Gasteiger partial charge on any atom is 0.374 e. The van der Waals surface area contributed by atoms with E-state index in [0.717, 1.165) is 12.8 Å². The Morgan fingerprint density at radius 3 is 2.39 bits per heavy atom. The smallest absolute Gasteiger partial charge is 0.374 e. The van der Waals surface area contributed by atoms with Crippen molar-refractivity contribution < 1.29 is 18.7 Å². The van der Waals surface area contributed by atoms with Crippen LogP contribution in [0.5, 0.6) is 0 Å². The summed E-state index contributed by atoms with van der Waals surface area (Å²) in [5.41, 5.74) is 0. The maximum atomic E-state index is 11.5. The van der Waals surface area contributed by atoms with Crippen molar-refractivity contribution >= 4 is 11.8 Å². The van der Waals surface area contributed by atoms with Gasteiger partial charge in [0.1, 0.15) is 0 Å². The molecule has 0 atom stereocenters. The molecule has 0 saturated heterocycles. The van der Waals surface area contributed by atoms with Crippen LogP contribution in [0.25, 0.3) is 0 Å². The normalized spacial score (nSPS) is 10.3. The third-order valence-corrected chi connectivity index (χ3v) is 2.64. The van der Waals surface area contributed by atoms with E-state index in [1.165, 1.54) is 38.3 Å². The van der Waals surface area contributed by atoms with Gasteiger partial charge in [-0.3, -0.25) is 4.79 Å². The number of Topliss-reactive ketones (excluding diaryl/α,β-unsaturated/α-hetero) is 1. The molecule has 1 aromatic heterocycles. The summed E-state index contributed by atoms with van der Waals surface area (Å²) in [6.45, 7) is 3.95. The van der Waals surface area contributed by atoms with Crippen LogP contribution in [0.2, 0.25) is 0 Å². The number of hydrogen-bond acceptors (Lipinski definition) is 4. The molecule has 0 fully saturated rings. The van der Waals surface area contributed by atoms with Crippen molar-refractivity contribution in [2.24, 2.45) is 0 Å². The predicted molar refractivity (Wildman–Crippen MR) is 67.8 cm³/mol. The molecule has 0 aliphatic heterocycles. The second-order valence-corrected chi connectivity index (χ2v) is 4.27. The minimum absolute atomic E-state index is 0.0914. The van der Waals surface area contributed by atoms with E-state index in [0.29, 0.717) is 6.61 Å². The lowest BCUT2D eigenvalue weighted by Crippen LogP contribution is -2.05. The van der Waals surface area contributed by atoms with Gasteiger partial charge in [0.05, 0.1) is 6.61 Å². The SMILES string of the molecule is CCCCCCCOC(=O)c1ccc(C(C)=O)o1. The zero-order chi connectivity index (χ0) is 13.4. The molecule has 0 radical (unpaired) electrons. The lowest BCUT2D eigenvalue weighted by atomic mass is 10.2. The first-order valence-corrected chi connectivity index (χ1v) is 6.43. The highest BCUT2D eigenvalue weighted by molar-refractivity contribution is 5.93. The molecule has 18 heavy (non-hydrogen) atoms. The fraction of sp³-hybridized carbons (Fsp3) is 0.571. The molecule has 4 heteroatoms. The van der Waals surface area contributed by atoms with Crippen molar-refractivity contribution in [3.05, 3.63) is 23.7 Å². The van der Waals surface area contributed by atoms with Gasteiger partial charge in [-0.05, 0) is 18.6 Å². The van der Waals surface area contributed by atoms with E-state index in [9.17, 15) is 9.59 Å². The van der Waals surface area contributed by atoms with Gasteiger partial charge in [-0.1, -0.05) is 32.6 Å². The predicted octanol–water partition coefficient (Wildman–Crippen LogP) is 3.61. The Morgan fingerprint density at radius 1 is 1.11 bits per heavy atom. The van der Waals surface area contributed by atoms with Gasteiger partial charge in [0.2, 0.25) is 5.76 Å². The van der Waals surface area contributed by atoms with Gasteiger partial charge in [0.15, 0.2) is 11.5 Å². The Morgan fingerprint density at radius 2 is 1.78 bits per heavy atom. The molecule has 0 aliphatic carbocycles. The number of rotatable bonds is 8. The van der Waals surface area contributed by atoms with Crippen LogP contribution in [0.4, 0.5) is 0 Å². The lowest BCUT2D eigenvalue weighted by molar-refractivity contribution is 0.0460. The molecule has 0 aliphatic rings. The zero-order valence-electron chi connectivity index (χ0n) is 11.0. The van der Waals surface area contributed by atoms with Gasteiger partial charge >= 0.3 is 5.97 Å². The average molecular weight is 252 g/mol. The van der Waals surface area contributed by atoms with Crippen molar-refractivity contribution in [1.82, 2.24) is 0 Å². The van der Waals surface area contributed by atoms with Crippen LogP contribution in [0.3, 0.4) is 0 Å². The number of unbranched alkanes of at least 4 members (excludes halogenated alkanes) is 4. The zero-order valence-corrected chi connectivity index (χ0v) is 11.0. The van der Waals surface area contributed by atoms with E-state index in [-0.39, 0.29) is 17.3 Å². The standard InChI is InChI=1S/C14H20O4/c1-3-4-5-6-7-10-17-14(16)13-9-8-12(18-13)11(2)15/h8-9H,3-7,10H2,1-2H3. The molecule has 0 N–H and O–H groups in total. The summed E-state index contributed by atoms with van der Waals surface area (Å²) >= 11 is 0. The quantitative estimate of drug-likeness (QED) is 0.403. The van der Waals surface area contributed by atoms with Gasteiger partial charge < -0.3 is 9.15 Å². The summed E-state index contributed by atoms with van der Waals surface area (Å²) in [6.07, 6.45) is 5.52. The fourth-order valence-corrected chi connectivity index (χ4v) is 1.58.